The number of hydrogen-bond acceptors (Lipinski definition) is 5. The van der Waals surface area contributed by atoms with Crippen LogP contribution in [0.4, 0.5) is 5.69 Å². The lowest BCUT2D eigenvalue weighted by molar-refractivity contribution is -0.106. The molecule has 7 nitrogen and oxygen atoms in total. The van der Waals surface area contributed by atoms with Crippen molar-refractivity contribution in [1.82, 2.24) is 10.2 Å². The van der Waals surface area contributed by atoms with E-state index in [0.717, 1.165) is 43.3 Å². The Morgan fingerprint density at radius 1 is 1.07 bits per heavy atom. The minimum Gasteiger partial charge on any atom is -0.459 e. The molecule has 1 aliphatic heterocycles. The summed E-state index contributed by atoms with van der Waals surface area (Å²) in [7, 11) is 1.84. The van der Waals surface area contributed by atoms with E-state index in [1.807, 2.05) is 62.5 Å². The summed E-state index contributed by atoms with van der Waals surface area (Å²) in [6, 6.07) is 13.7. The lowest BCUT2D eigenvalue weighted by atomic mass is 10.1. The van der Waals surface area contributed by atoms with E-state index < -0.39 is 0 Å². The highest BCUT2D eigenvalue weighted by Gasteiger charge is 2.14. The van der Waals surface area contributed by atoms with Crippen molar-refractivity contribution in [2.75, 3.05) is 38.5 Å². The van der Waals surface area contributed by atoms with Crippen molar-refractivity contribution in [2.45, 2.75) is 47.5 Å². The van der Waals surface area contributed by atoms with Gasteiger partial charge in [-0.2, -0.15) is 0 Å². The van der Waals surface area contributed by atoms with E-state index in [9.17, 15) is 4.79 Å². The number of carbonyl (C=O) groups is 2. The minimum atomic E-state index is -0.0481. The fraction of sp³-hybridized carbons (Fsp3) is 0.333. The number of allylic oxidation sites excluding steroid dienone is 6. The molecule has 7 heteroatoms. The third kappa shape index (κ3) is 12.6. The maximum atomic E-state index is 12.5. The molecule has 0 atom stereocenters. The number of ether oxygens (including phenoxy) is 1. The van der Waals surface area contributed by atoms with Crippen LogP contribution in [0.2, 0.25) is 0 Å². The number of anilines is 1. The van der Waals surface area contributed by atoms with Gasteiger partial charge in [0.2, 0.25) is 6.41 Å². The molecule has 4 rings (SSSR count). The zero-order chi connectivity index (χ0) is 30.7. The van der Waals surface area contributed by atoms with Gasteiger partial charge in [0.05, 0.1) is 5.69 Å². The van der Waals surface area contributed by atoms with Crippen LogP contribution in [0.3, 0.4) is 0 Å². The van der Waals surface area contributed by atoms with Gasteiger partial charge in [-0.1, -0.05) is 74.2 Å². The summed E-state index contributed by atoms with van der Waals surface area (Å²) in [5.74, 6) is 1.56. The summed E-state index contributed by atoms with van der Waals surface area (Å²) in [5, 5.41) is 6.16. The van der Waals surface area contributed by atoms with Crippen LogP contribution in [-0.4, -0.2) is 50.4 Å². The maximum Gasteiger partial charge on any atom is 0.251 e. The van der Waals surface area contributed by atoms with E-state index in [0.29, 0.717) is 12.1 Å². The monoisotopic (exact) mass is 586 g/mol. The Bertz CT molecular complexity index is 1300. The molecule has 0 spiro atoms. The molecule has 2 aliphatic rings. The summed E-state index contributed by atoms with van der Waals surface area (Å²) >= 11 is 0. The van der Waals surface area contributed by atoms with Crippen molar-refractivity contribution < 1.29 is 14.3 Å². The molecule has 1 heterocycles. The molecule has 1 saturated heterocycles. The van der Waals surface area contributed by atoms with Crippen LogP contribution in [0.15, 0.2) is 90.3 Å². The van der Waals surface area contributed by atoms with Gasteiger partial charge in [0.1, 0.15) is 11.5 Å². The first kappa shape index (κ1) is 36.7. The lowest BCUT2D eigenvalue weighted by Crippen LogP contribution is -2.33. The lowest BCUT2D eigenvalue weighted by Gasteiger charge is -2.16. The van der Waals surface area contributed by atoms with Crippen molar-refractivity contribution in [3.63, 3.8) is 0 Å². The van der Waals surface area contributed by atoms with Crippen LogP contribution < -0.4 is 21.1 Å². The molecule has 2 amide bonds. The summed E-state index contributed by atoms with van der Waals surface area (Å²) in [6.45, 7) is 13.8. The number of nitrogens with zero attached hydrogens (tertiary/aromatic N) is 1. The molecule has 4 N–H and O–H groups in total. The summed E-state index contributed by atoms with van der Waals surface area (Å²) in [6.07, 6.45) is 15.8. The number of rotatable bonds is 9. The fourth-order valence-electron chi connectivity index (χ4n) is 4.47. The largest absolute Gasteiger partial charge is 0.459 e. The van der Waals surface area contributed by atoms with E-state index in [-0.39, 0.29) is 19.7 Å². The molecule has 1 aliphatic carbocycles. The third-order valence-corrected chi connectivity index (χ3v) is 6.98. The Hall–Kier alpha value is -4.36. The number of nitrogens with one attached hydrogen (secondary N) is 2. The minimum absolute atomic E-state index is 0. The van der Waals surface area contributed by atoms with Crippen LogP contribution >= 0.6 is 0 Å². The number of likely N-dealkylation sites (tertiary alicyclic amines) is 1. The van der Waals surface area contributed by atoms with E-state index in [1.165, 1.54) is 35.1 Å². The van der Waals surface area contributed by atoms with Gasteiger partial charge in [0.25, 0.3) is 5.91 Å². The second-order valence-corrected chi connectivity index (χ2v) is 9.91. The van der Waals surface area contributed by atoms with Gasteiger partial charge in [-0.05, 0) is 87.7 Å². The predicted octanol–water partition coefficient (Wildman–Crippen LogP) is 7.21. The second kappa shape index (κ2) is 20.5. The van der Waals surface area contributed by atoms with Gasteiger partial charge in [0, 0.05) is 32.1 Å². The van der Waals surface area contributed by atoms with Gasteiger partial charge in [-0.3, -0.25) is 9.59 Å². The van der Waals surface area contributed by atoms with Crippen LogP contribution in [0.25, 0.3) is 12.2 Å². The maximum absolute atomic E-state index is 12.5. The van der Waals surface area contributed by atoms with E-state index in [2.05, 4.69) is 72.1 Å². The molecule has 2 aromatic rings. The quantitative estimate of drug-likeness (QED) is 0.270. The number of primary amides is 1. The zero-order valence-electron chi connectivity index (χ0n) is 25.5. The molecule has 0 bridgehead atoms. The highest BCUT2D eigenvalue weighted by atomic mass is 16.5. The first-order chi connectivity index (χ1) is 20.4. The fourth-order valence-corrected chi connectivity index (χ4v) is 4.47. The Balaban J connectivity index is 0.000000515. The molecular formula is C36H50N4O3. The molecule has 1 fully saturated rings. The highest BCUT2D eigenvalue weighted by Crippen LogP contribution is 2.29. The van der Waals surface area contributed by atoms with Crippen LogP contribution in [0.5, 0.6) is 5.75 Å². The summed E-state index contributed by atoms with van der Waals surface area (Å²) in [4.78, 5) is 23.5. The normalized spacial score (nSPS) is 14.2. The predicted molar refractivity (Wildman–Crippen MR) is 183 cm³/mol. The Kier molecular flexibility index (Phi) is 17.5. The molecule has 0 radical (unpaired) electrons. The number of amides is 2. The van der Waals surface area contributed by atoms with Gasteiger partial charge in [-0.15, -0.1) is 0 Å². The van der Waals surface area contributed by atoms with Crippen LogP contribution in [-0.2, 0) is 4.79 Å². The number of carbonyl (C=O) groups excluding carboxylic acids is 2. The van der Waals surface area contributed by atoms with Gasteiger partial charge < -0.3 is 26.0 Å². The second-order valence-electron chi connectivity index (χ2n) is 9.91. The Labute approximate surface area is 258 Å². The average Bonchev–Trinajstić information content (AvgIpc) is 3.47. The van der Waals surface area contributed by atoms with Crippen LogP contribution in [0, 0.1) is 0 Å². The number of benzene rings is 2. The van der Waals surface area contributed by atoms with Gasteiger partial charge in [-0.25, -0.2) is 0 Å². The summed E-state index contributed by atoms with van der Waals surface area (Å²) < 4.78 is 6.11. The molecule has 2 aromatic carbocycles. The first-order valence-corrected chi connectivity index (χ1v) is 14.4. The molecule has 0 aromatic heterocycles. The SMILES string of the molecule is C.C=Cc1ccccc1/C=C\C.CNc1cc(C(=O)NCCN2CCCC2)ccc1OC1=CC=C(C)C(C)=CC1.NC=O. The highest BCUT2D eigenvalue weighted by molar-refractivity contribution is 5.95. The zero-order valence-corrected chi connectivity index (χ0v) is 25.5. The first-order valence-electron chi connectivity index (χ1n) is 14.4. The smallest absolute Gasteiger partial charge is 0.251 e. The standard InChI is InChI=1S/C23H31N3O2.C11H12.CH3NO.CH4/c1-17-6-9-20(10-7-18(17)2)28-22-11-8-19(16-21(22)24-3)23(27)25-12-15-26-13-4-5-14-26;1-3-7-11-9-6-5-8-10(11)4-2;2-1-3;/h6-9,11,16,24H,4-5,10,12-15H2,1-3H3,(H,25,27);3-9H,2H2,1H3;1H,(H2,2,3);1H4/b;7-3-;;. The molecule has 0 unspecified atom stereocenters. The number of hydrogen-bond donors (Lipinski definition) is 3. The molecular weight excluding hydrogens is 536 g/mol. The summed E-state index contributed by atoms with van der Waals surface area (Å²) in [5.41, 5.74) is 10.5. The van der Waals surface area contributed by atoms with Gasteiger partial charge in [0.15, 0.2) is 0 Å². The van der Waals surface area contributed by atoms with Crippen molar-refractivity contribution >= 4 is 30.2 Å². The topological polar surface area (TPSA) is 96.7 Å². The van der Waals surface area contributed by atoms with Gasteiger partial charge >= 0.3 is 0 Å². The Morgan fingerprint density at radius 3 is 2.37 bits per heavy atom. The third-order valence-electron chi connectivity index (χ3n) is 6.98. The van der Waals surface area contributed by atoms with Crippen molar-refractivity contribution in [3.8, 4) is 5.75 Å². The molecule has 232 valence electrons. The van der Waals surface area contributed by atoms with Crippen molar-refractivity contribution in [2.24, 2.45) is 5.73 Å². The van der Waals surface area contributed by atoms with Crippen molar-refractivity contribution in [1.29, 1.82) is 0 Å². The Morgan fingerprint density at radius 2 is 1.74 bits per heavy atom. The number of nitrogens with two attached hydrogens (primary N) is 1. The van der Waals surface area contributed by atoms with E-state index in [1.54, 1.807) is 0 Å². The average molecular weight is 587 g/mol. The molecule has 0 saturated carbocycles. The molecule has 43 heavy (non-hydrogen) atoms. The van der Waals surface area contributed by atoms with E-state index >= 15 is 0 Å². The van der Waals surface area contributed by atoms with E-state index in [4.69, 9.17) is 9.53 Å². The van der Waals surface area contributed by atoms with Crippen LogP contribution in [0.1, 0.15) is 68.9 Å². The van der Waals surface area contributed by atoms with Crippen molar-refractivity contribution in [3.05, 3.63) is 107 Å².